The van der Waals surface area contributed by atoms with E-state index in [4.69, 9.17) is 16.3 Å². The summed E-state index contributed by atoms with van der Waals surface area (Å²) in [7, 11) is 0. The number of anilines is 1. The van der Waals surface area contributed by atoms with Gasteiger partial charge in [0.05, 0.1) is 6.04 Å². The number of halogens is 1. The molecular formula is C25H22ClN5O2S. The van der Waals surface area contributed by atoms with Gasteiger partial charge in [-0.1, -0.05) is 78.0 Å². The predicted molar refractivity (Wildman–Crippen MR) is 134 cm³/mol. The molecular weight excluding hydrogens is 470 g/mol. The van der Waals surface area contributed by atoms with E-state index in [2.05, 4.69) is 20.9 Å². The Morgan fingerprint density at radius 3 is 2.56 bits per heavy atom. The van der Waals surface area contributed by atoms with Gasteiger partial charge in [0.25, 0.3) is 0 Å². The lowest BCUT2D eigenvalue weighted by molar-refractivity contribution is -0.116. The highest BCUT2D eigenvalue weighted by molar-refractivity contribution is 8.00. The smallest absolute Gasteiger partial charge is 0.240 e. The molecule has 1 amide bonds. The molecule has 2 heterocycles. The third-order valence-electron chi connectivity index (χ3n) is 5.56. The van der Waals surface area contributed by atoms with E-state index in [1.807, 2.05) is 79.7 Å². The van der Waals surface area contributed by atoms with Crippen LogP contribution in [0.2, 0.25) is 5.02 Å². The molecule has 4 aromatic rings. The van der Waals surface area contributed by atoms with Crippen LogP contribution in [0, 0.1) is 6.92 Å². The predicted octanol–water partition coefficient (Wildman–Crippen LogP) is 5.22. The van der Waals surface area contributed by atoms with Gasteiger partial charge >= 0.3 is 0 Å². The topological polar surface area (TPSA) is 81.1 Å². The molecule has 0 bridgehead atoms. The summed E-state index contributed by atoms with van der Waals surface area (Å²) in [6.07, 6.45) is 0. The first-order valence-corrected chi connectivity index (χ1v) is 12.0. The highest BCUT2D eigenvalue weighted by Crippen LogP contribution is 2.38. The Bertz CT molecular complexity index is 1300. The van der Waals surface area contributed by atoms with E-state index >= 15 is 0 Å². The molecule has 2 N–H and O–H groups in total. The van der Waals surface area contributed by atoms with Gasteiger partial charge in [0.1, 0.15) is 17.6 Å². The van der Waals surface area contributed by atoms with Gasteiger partial charge in [-0.15, -0.1) is 10.2 Å². The van der Waals surface area contributed by atoms with Crippen LogP contribution in [0.3, 0.4) is 0 Å². The third kappa shape index (κ3) is 4.60. The Hall–Kier alpha value is -3.49. The summed E-state index contributed by atoms with van der Waals surface area (Å²) in [6.45, 7) is 2.12. The number of para-hydroxylation sites is 1. The number of nitrogens with zero attached hydrogens (tertiary/aromatic N) is 3. The van der Waals surface area contributed by atoms with Crippen LogP contribution in [-0.4, -0.2) is 26.0 Å². The van der Waals surface area contributed by atoms with E-state index in [1.54, 1.807) is 10.7 Å². The summed E-state index contributed by atoms with van der Waals surface area (Å²) in [5, 5.41) is 12.4. The summed E-state index contributed by atoms with van der Waals surface area (Å²) >= 11 is 7.62. The van der Waals surface area contributed by atoms with E-state index in [1.165, 1.54) is 11.8 Å². The second-order valence-corrected chi connectivity index (χ2v) is 9.31. The summed E-state index contributed by atoms with van der Waals surface area (Å²) in [4.78, 5) is 13.4. The number of nitrogens with one attached hydrogen (secondary N) is 2. The fraction of sp³-hybridized carbons (Fsp3) is 0.160. The van der Waals surface area contributed by atoms with Crippen molar-refractivity contribution in [3.63, 3.8) is 0 Å². The van der Waals surface area contributed by atoms with Crippen LogP contribution >= 0.6 is 23.4 Å². The Balaban J connectivity index is 1.42. The molecule has 9 heteroatoms. The average molecular weight is 492 g/mol. The Morgan fingerprint density at radius 1 is 1.06 bits per heavy atom. The number of hydrogen-bond donors (Lipinski definition) is 2. The number of rotatable bonds is 6. The Kier molecular flexibility index (Phi) is 6.42. The summed E-state index contributed by atoms with van der Waals surface area (Å²) < 4.78 is 7.68. The largest absolute Gasteiger partial charge is 0.486 e. The van der Waals surface area contributed by atoms with Gasteiger partial charge in [0.15, 0.2) is 5.82 Å². The highest BCUT2D eigenvalue weighted by Gasteiger charge is 2.38. The van der Waals surface area contributed by atoms with Crippen molar-refractivity contribution in [1.29, 1.82) is 0 Å². The number of thioether (sulfide) groups is 1. The van der Waals surface area contributed by atoms with Crippen LogP contribution in [0.15, 0.2) is 84.0 Å². The van der Waals surface area contributed by atoms with Crippen LogP contribution in [0.1, 0.15) is 23.0 Å². The summed E-state index contributed by atoms with van der Waals surface area (Å²) in [5.41, 5.74) is 5.94. The molecule has 1 aliphatic rings. The molecule has 3 aromatic carbocycles. The summed E-state index contributed by atoms with van der Waals surface area (Å²) in [5.74, 6) is 1.22. The molecule has 0 radical (unpaired) electrons. The molecule has 0 unspecified atom stereocenters. The minimum atomic E-state index is -0.486. The van der Waals surface area contributed by atoms with Crippen LogP contribution in [0.5, 0.6) is 5.75 Å². The molecule has 5 rings (SSSR count). The van der Waals surface area contributed by atoms with E-state index in [9.17, 15) is 4.79 Å². The maximum Gasteiger partial charge on any atom is 0.240 e. The van der Waals surface area contributed by atoms with Crippen molar-refractivity contribution in [2.75, 3.05) is 10.7 Å². The molecule has 0 saturated heterocycles. The quantitative estimate of drug-likeness (QED) is 0.385. The standard InChI is InChI=1S/C25H22ClN5O2S/c1-16-19(26)13-8-14-20(16)27-24(32)23-22(17-9-4-2-5-10-17)30-31-21(28-29-25(31)34-23)15-33-18-11-6-3-7-12-18/h2-14,22-23,30H,15H2,1H3,(H,27,32)/t22-,23+/m0/s1. The maximum atomic E-state index is 13.4. The minimum Gasteiger partial charge on any atom is -0.486 e. The maximum absolute atomic E-state index is 13.4. The monoisotopic (exact) mass is 491 g/mol. The van der Waals surface area contributed by atoms with Crippen LogP contribution < -0.4 is 15.5 Å². The number of aromatic nitrogens is 3. The number of carbonyl (C=O) groups is 1. The second kappa shape index (κ2) is 9.79. The SMILES string of the molecule is Cc1c(Cl)cccc1NC(=O)[C@@H]1Sc2nnc(COc3ccccc3)n2N[C@H]1c1ccccc1. The number of fused-ring (bicyclic) bond motifs is 1. The first-order valence-electron chi connectivity index (χ1n) is 10.8. The lowest BCUT2D eigenvalue weighted by atomic mass is 10.0. The molecule has 0 fully saturated rings. The number of benzene rings is 3. The van der Waals surface area contributed by atoms with Crippen molar-refractivity contribution in [3.05, 3.63) is 101 Å². The molecule has 1 aliphatic heterocycles. The van der Waals surface area contributed by atoms with Crippen molar-refractivity contribution in [2.24, 2.45) is 0 Å². The molecule has 1 aromatic heterocycles. The normalized spacial score (nSPS) is 16.9. The van der Waals surface area contributed by atoms with Crippen molar-refractivity contribution in [1.82, 2.24) is 14.9 Å². The zero-order valence-electron chi connectivity index (χ0n) is 18.3. The van der Waals surface area contributed by atoms with E-state index in [0.29, 0.717) is 21.7 Å². The van der Waals surface area contributed by atoms with Gasteiger partial charge in [-0.3, -0.25) is 4.79 Å². The Morgan fingerprint density at radius 2 is 1.79 bits per heavy atom. The third-order valence-corrected chi connectivity index (χ3v) is 7.18. The highest BCUT2D eigenvalue weighted by atomic mass is 35.5. The van der Waals surface area contributed by atoms with Gasteiger partial charge in [-0.2, -0.15) is 0 Å². The van der Waals surface area contributed by atoms with Gasteiger partial charge in [-0.25, -0.2) is 4.68 Å². The van der Waals surface area contributed by atoms with Crippen molar-refractivity contribution >= 4 is 35.0 Å². The fourth-order valence-electron chi connectivity index (χ4n) is 3.71. The van der Waals surface area contributed by atoms with Crippen molar-refractivity contribution in [3.8, 4) is 5.75 Å². The molecule has 7 nitrogen and oxygen atoms in total. The van der Waals surface area contributed by atoms with Crippen LogP contribution in [-0.2, 0) is 11.4 Å². The minimum absolute atomic E-state index is 0.145. The summed E-state index contributed by atoms with van der Waals surface area (Å²) in [6, 6.07) is 24.6. The Labute approximate surface area is 206 Å². The first-order chi connectivity index (χ1) is 16.6. The molecule has 0 saturated carbocycles. The van der Waals surface area contributed by atoms with E-state index in [-0.39, 0.29) is 18.6 Å². The van der Waals surface area contributed by atoms with Gasteiger partial charge in [0.2, 0.25) is 11.1 Å². The fourth-order valence-corrected chi connectivity index (χ4v) is 4.99. The average Bonchev–Trinajstić information content (AvgIpc) is 3.28. The van der Waals surface area contributed by atoms with E-state index in [0.717, 1.165) is 16.9 Å². The molecule has 2 atom stereocenters. The zero-order valence-corrected chi connectivity index (χ0v) is 19.9. The molecule has 172 valence electrons. The lowest BCUT2D eigenvalue weighted by Crippen LogP contribution is -2.41. The first kappa shape index (κ1) is 22.3. The molecule has 0 aliphatic carbocycles. The van der Waals surface area contributed by atoms with Crippen LogP contribution in [0.4, 0.5) is 5.69 Å². The van der Waals surface area contributed by atoms with Gasteiger partial charge in [0, 0.05) is 10.7 Å². The lowest BCUT2D eigenvalue weighted by Gasteiger charge is -2.33. The van der Waals surface area contributed by atoms with Gasteiger partial charge < -0.3 is 15.5 Å². The zero-order chi connectivity index (χ0) is 23.5. The number of carbonyl (C=O) groups excluding carboxylic acids is 1. The van der Waals surface area contributed by atoms with E-state index < -0.39 is 5.25 Å². The second-order valence-electron chi connectivity index (χ2n) is 7.79. The number of ether oxygens (including phenoxy) is 1. The molecule has 0 spiro atoms. The molecule has 34 heavy (non-hydrogen) atoms. The van der Waals surface area contributed by atoms with Crippen LogP contribution in [0.25, 0.3) is 0 Å². The number of amides is 1. The van der Waals surface area contributed by atoms with Crippen molar-refractivity contribution in [2.45, 2.75) is 30.0 Å². The van der Waals surface area contributed by atoms with Crippen molar-refractivity contribution < 1.29 is 9.53 Å². The number of hydrogen-bond acceptors (Lipinski definition) is 6. The van der Waals surface area contributed by atoms with Gasteiger partial charge in [-0.05, 0) is 42.3 Å².